The summed E-state index contributed by atoms with van der Waals surface area (Å²) in [6.07, 6.45) is 3.26. The highest BCUT2D eigenvalue weighted by Gasteiger charge is 2.18. The number of Topliss-reactive ketones (excluding diaryl/α,β-unsaturated/α-hetero) is 1. The smallest absolute Gasteiger partial charge is 0.165 e. The minimum absolute atomic E-state index is 0.243. The minimum Gasteiger partial charge on any atom is -0.294 e. The average molecular weight is 147 g/mol. The number of hydrogen-bond acceptors (Lipinski definition) is 2. The van der Waals surface area contributed by atoms with Gasteiger partial charge in [-0.15, -0.1) is 0 Å². The van der Waals surface area contributed by atoms with Gasteiger partial charge in [-0.25, -0.2) is 0 Å². The van der Waals surface area contributed by atoms with Gasteiger partial charge in [-0.1, -0.05) is 0 Å². The summed E-state index contributed by atoms with van der Waals surface area (Å²) in [5, 5.41) is 0. The third kappa shape index (κ3) is 0.946. The molecule has 0 saturated carbocycles. The van der Waals surface area contributed by atoms with E-state index in [2.05, 4.69) is 4.98 Å². The van der Waals surface area contributed by atoms with Crippen LogP contribution in [0.3, 0.4) is 0 Å². The van der Waals surface area contributed by atoms with Gasteiger partial charge in [0.15, 0.2) is 5.78 Å². The van der Waals surface area contributed by atoms with Gasteiger partial charge in [0.2, 0.25) is 0 Å². The molecular weight excluding hydrogens is 138 g/mol. The summed E-state index contributed by atoms with van der Waals surface area (Å²) >= 11 is 0. The molecule has 0 saturated heterocycles. The van der Waals surface area contributed by atoms with Crippen molar-refractivity contribution in [1.82, 2.24) is 4.98 Å². The van der Waals surface area contributed by atoms with Crippen molar-refractivity contribution in [2.45, 2.75) is 19.8 Å². The molecule has 1 aliphatic rings. The molecule has 56 valence electrons. The number of hydrogen-bond donors (Lipinski definition) is 0. The third-order valence-electron chi connectivity index (χ3n) is 2.05. The fraction of sp³-hybridized carbons (Fsp3) is 0.333. The standard InChI is InChI=1S/C9H9NO/c1-6-4-7-2-3-9(11)8(7)5-10-6/h4-5H,2-3H2,1H3. The second-order valence-corrected chi connectivity index (χ2v) is 2.91. The van der Waals surface area contributed by atoms with Crippen LogP contribution in [-0.4, -0.2) is 10.8 Å². The molecule has 0 atom stereocenters. The molecule has 0 bridgehead atoms. The predicted molar refractivity (Wildman–Crippen MR) is 41.6 cm³/mol. The van der Waals surface area contributed by atoms with Crippen LogP contribution in [-0.2, 0) is 6.42 Å². The van der Waals surface area contributed by atoms with E-state index < -0.39 is 0 Å². The normalized spacial score (nSPS) is 15.2. The molecule has 0 amide bonds. The van der Waals surface area contributed by atoms with E-state index in [4.69, 9.17) is 0 Å². The maximum absolute atomic E-state index is 11.1. The van der Waals surface area contributed by atoms with Crippen LogP contribution in [0.2, 0.25) is 0 Å². The summed E-state index contributed by atoms with van der Waals surface area (Å²) in [6, 6.07) is 2.00. The van der Waals surface area contributed by atoms with E-state index in [1.165, 1.54) is 5.56 Å². The van der Waals surface area contributed by atoms with E-state index >= 15 is 0 Å². The van der Waals surface area contributed by atoms with Crippen LogP contribution in [0, 0.1) is 6.92 Å². The van der Waals surface area contributed by atoms with Crippen molar-refractivity contribution in [2.24, 2.45) is 0 Å². The zero-order valence-corrected chi connectivity index (χ0v) is 6.42. The van der Waals surface area contributed by atoms with Crippen molar-refractivity contribution in [3.63, 3.8) is 0 Å². The number of pyridine rings is 1. The van der Waals surface area contributed by atoms with Gasteiger partial charge in [0, 0.05) is 23.9 Å². The van der Waals surface area contributed by atoms with Gasteiger partial charge in [0.25, 0.3) is 0 Å². The van der Waals surface area contributed by atoms with E-state index in [1.54, 1.807) is 6.20 Å². The summed E-state index contributed by atoms with van der Waals surface area (Å²) in [4.78, 5) is 15.2. The topological polar surface area (TPSA) is 30.0 Å². The molecule has 1 aromatic heterocycles. The monoisotopic (exact) mass is 147 g/mol. The van der Waals surface area contributed by atoms with Crippen molar-refractivity contribution < 1.29 is 4.79 Å². The molecule has 2 heteroatoms. The Hall–Kier alpha value is -1.18. The second-order valence-electron chi connectivity index (χ2n) is 2.91. The first-order chi connectivity index (χ1) is 5.27. The lowest BCUT2D eigenvalue weighted by atomic mass is 10.1. The molecule has 0 aromatic carbocycles. The lowest BCUT2D eigenvalue weighted by Crippen LogP contribution is -1.92. The Morgan fingerprint density at radius 2 is 2.27 bits per heavy atom. The highest BCUT2D eigenvalue weighted by molar-refractivity contribution is 6.00. The van der Waals surface area contributed by atoms with Crippen molar-refractivity contribution in [3.8, 4) is 0 Å². The maximum Gasteiger partial charge on any atom is 0.165 e. The third-order valence-corrected chi connectivity index (χ3v) is 2.05. The first kappa shape index (κ1) is 6.53. The molecule has 0 fully saturated rings. The molecule has 0 spiro atoms. The van der Waals surface area contributed by atoms with E-state index in [9.17, 15) is 4.79 Å². The Balaban J connectivity index is 2.59. The van der Waals surface area contributed by atoms with Crippen LogP contribution in [0.5, 0.6) is 0 Å². The van der Waals surface area contributed by atoms with Crippen LogP contribution in [0.1, 0.15) is 28.0 Å². The van der Waals surface area contributed by atoms with Crippen LogP contribution in [0.15, 0.2) is 12.3 Å². The van der Waals surface area contributed by atoms with Crippen molar-refractivity contribution in [2.75, 3.05) is 0 Å². The van der Waals surface area contributed by atoms with Gasteiger partial charge in [-0.2, -0.15) is 0 Å². The largest absolute Gasteiger partial charge is 0.294 e. The van der Waals surface area contributed by atoms with Gasteiger partial charge in [-0.05, 0) is 25.0 Å². The van der Waals surface area contributed by atoms with Gasteiger partial charge >= 0.3 is 0 Å². The first-order valence-corrected chi connectivity index (χ1v) is 3.76. The molecule has 2 nitrogen and oxygen atoms in total. The van der Waals surface area contributed by atoms with Crippen LogP contribution < -0.4 is 0 Å². The highest BCUT2D eigenvalue weighted by Crippen LogP contribution is 2.20. The van der Waals surface area contributed by atoms with E-state index in [1.807, 2.05) is 13.0 Å². The number of rotatable bonds is 0. The maximum atomic E-state index is 11.1. The number of aromatic nitrogens is 1. The number of carbonyl (C=O) groups excluding carboxylic acids is 1. The van der Waals surface area contributed by atoms with Crippen LogP contribution >= 0.6 is 0 Å². The fourth-order valence-electron chi connectivity index (χ4n) is 1.46. The molecular formula is C9H9NO. The van der Waals surface area contributed by atoms with Crippen LogP contribution in [0.25, 0.3) is 0 Å². The molecule has 0 aliphatic heterocycles. The molecule has 0 N–H and O–H groups in total. The van der Waals surface area contributed by atoms with Gasteiger partial charge < -0.3 is 0 Å². The zero-order valence-electron chi connectivity index (χ0n) is 6.42. The molecule has 1 heterocycles. The zero-order chi connectivity index (χ0) is 7.84. The van der Waals surface area contributed by atoms with Crippen molar-refractivity contribution >= 4 is 5.78 Å². The Morgan fingerprint density at radius 1 is 1.45 bits per heavy atom. The molecule has 2 rings (SSSR count). The molecule has 11 heavy (non-hydrogen) atoms. The second kappa shape index (κ2) is 2.16. The molecule has 0 radical (unpaired) electrons. The van der Waals surface area contributed by atoms with Crippen molar-refractivity contribution in [3.05, 3.63) is 29.1 Å². The van der Waals surface area contributed by atoms with Crippen molar-refractivity contribution in [1.29, 1.82) is 0 Å². The van der Waals surface area contributed by atoms with E-state index in [0.29, 0.717) is 6.42 Å². The van der Waals surface area contributed by atoms with Crippen LogP contribution in [0.4, 0.5) is 0 Å². The minimum atomic E-state index is 0.243. The first-order valence-electron chi connectivity index (χ1n) is 3.76. The number of fused-ring (bicyclic) bond motifs is 1. The van der Waals surface area contributed by atoms with E-state index in [0.717, 1.165) is 17.7 Å². The number of aryl methyl sites for hydroxylation is 2. The SMILES string of the molecule is Cc1cc2c(cn1)C(=O)CC2. The summed E-state index contributed by atoms with van der Waals surface area (Å²) in [6.45, 7) is 1.95. The fourth-order valence-corrected chi connectivity index (χ4v) is 1.46. The quantitative estimate of drug-likeness (QED) is 0.557. The Bertz CT molecular complexity index is 317. The Kier molecular flexibility index (Phi) is 1.28. The number of carbonyl (C=O) groups is 1. The summed E-state index contributed by atoms with van der Waals surface area (Å²) in [7, 11) is 0. The number of nitrogens with zero attached hydrogens (tertiary/aromatic N) is 1. The van der Waals surface area contributed by atoms with Gasteiger partial charge in [0.1, 0.15) is 0 Å². The highest BCUT2D eigenvalue weighted by atomic mass is 16.1. The Labute approximate surface area is 65.3 Å². The van der Waals surface area contributed by atoms with Gasteiger partial charge in [0.05, 0.1) is 0 Å². The Morgan fingerprint density at radius 3 is 3.09 bits per heavy atom. The molecule has 0 unspecified atom stereocenters. The summed E-state index contributed by atoms with van der Waals surface area (Å²) in [5.74, 6) is 0.243. The molecule has 1 aliphatic carbocycles. The molecule has 1 aromatic rings. The van der Waals surface area contributed by atoms with Gasteiger partial charge in [-0.3, -0.25) is 9.78 Å². The van der Waals surface area contributed by atoms with E-state index in [-0.39, 0.29) is 5.78 Å². The predicted octanol–water partition coefficient (Wildman–Crippen LogP) is 1.52. The average Bonchev–Trinajstić information content (AvgIpc) is 2.32. The summed E-state index contributed by atoms with van der Waals surface area (Å²) in [5.41, 5.74) is 3.00. The number of ketones is 1. The lowest BCUT2D eigenvalue weighted by molar-refractivity contribution is 0.0994. The lowest BCUT2D eigenvalue weighted by Gasteiger charge is -1.96. The summed E-state index contributed by atoms with van der Waals surface area (Å²) < 4.78 is 0.